The van der Waals surface area contributed by atoms with Crippen molar-refractivity contribution in [2.75, 3.05) is 12.5 Å². The molecule has 4 aromatic rings. The molecule has 2 aromatic heterocycles. The van der Waals surface area contributed by atoms with Crippen LogP contribution in [-0.4, -0.2) is 47.6 Å². The lowest BCUT2D eigenvalue weighted by Crippen LogP contribution is -2.34. The van der Waals surface area contributed by atoms with Gasteiger partial charge in [0.1, 0.15) is 0 Å². The van der Waals surface area contributed by atoms with Crippen LogP contribution in [0.5, 0.6) is 0 Å². The summed E-state index contributed by atoms with van der Waals surface area (Å²) < 4.78 is 50.7. The maximum absolute atomic E-state index is 13.2. The van der Waals surface area contributed by atoms with Crippen molar-refractivity contribution in [1.82, 2.24) is 13.5 Å². The SMILES string of the molecule is CC(C)(Cc1c(Cn2c(=O)n(S(C)(=O)=O)c3ccccc32)ncc2ccccc12)S(C)(=O)=O. The number of imidazole rings is 1. The average Bonchev–Trinajstić information content (AvgIpc) is 3.00. The monoisotopic (exact) mass is 487 g/mol. The Kier molecular flexibility index (Phi) is 5.49. The number of rotatable bonds is 6. The van der Waals surface area contributed by atoms with Crippen LogP contribution in [0.3, 0.4) is 0 Å². The van der Waals surface area contributed by atoms with Crippen molar-refractivity contribution in [3.63, 3.8) is 0 Å². The third-order valence-electron chi connectivity index (χ3n) is 6.04. The molecule has 2 heterocycles. The van der Waals surface area contributed by atoms with Gasteiger partial charge in [-0.3, -0.25) is 9.55 Å². The van der Waals surface area contributed by atoms with E-state index in [-0.39, 0.29) is 18.5 Å². The van der Waals surface area contributed by atoms with Crippen molar-refractivity contribution < 1.29 is 16.8 Å². The number of sulfone groups is 1. The van der Waals surface area contributed by atoms with E-state index in [2.05, 4.69) is 4.98 Å². The molecule has 8 nitrogen and oxygen atoms in total. The maximum Gasteiger partial charge on any atom is 0.343 e. The van der Waals surface area contributed by atoms with Crippen LogP contribution in [-0.2, 0) is 32.8 Å². The standard InChI is InChI=1S/C23H25N3O5S2/c1-23(2,32(3,28)29)13-18-17-10-6-5-9-16(17)14-24-19(18)15-25-20-11-7-8-12-21(20)26(22(25)27)33(4,30)31/h5-12,14H,13,15H2,1-4H3. The van der Waals surface area contributed by atoms with Gasteiger partial charge in [-0.05, 0) is 43.4 Å². The number of fused-ring (bicyclic) bond motifs is 2. The van der Waals surface area contributed by atoms with E-state index >= 15 is 0 Å². The van der Waals surface area contributed by atoms with Gasteiger partial charge in [-0.1, -0.05) is 36.4 Å². The summed E-state index contributed by atoms with van der Waals surface area (Å²) in [6.07, 6.45) is 4.06. The summed E-state index contributed by atoms with van der Waals surface area (Å²) in [5.41, 5.74) is 1.28. The third-order valence-corrected chi connectivity index (χ3v) is 9.20. The molecule has 0 bridgehead atoms. The van der Waals surface area contributed by atoms with Crippen molar-refractivity contribution in [1.29, 1.82) is 0 Å². The molecule has 0 saturated heterocycles. The van der Waals surface area contributed by atoms with Crippen molar-refractivity contribution in [3.05, 3.63) is 76.5 Å². The number of para-hydroxylation sites is 2. The molecular weight excluding hydrogens is 462 g/mol. The van der Waals surface area contributed by atoms with Crippen molar-refractivity contribution >= 4 is 41.7 Å². The highest BCUT2D eigenvalue weighted by Crippen LogP contribution is 2.29. The van der Waals surface area contributed by atoms with E-state index in [1.165, 1.54) is 10.8 Å². The Labute approximate surface area is 192 Å². The van der Waals surface area contributed by atoms with Crippen molar-refractivity contribution in [3.8, 4) is 0 Å². The van der Waals surface area contributed by atoms with Crippen LogP contribution in [0.4, 0.5) is 0 Å². The molecular formula is C23H25N3O5S2. The Bertz CT molecular complexity index is 1660. The molecule has 0 N–H and O–H groups in total. The average molecular weight is 488 g/mol. The predicted molar refractivity (Wildman–Crippen MR) is 130 cm³/mol. The molecule has 0 saturated carbocycles. The van der Waals surface area contributed by atoms with E-state index in [0.29, 0.717) is 16.8 Å². The topological polar surface area (TPSA) is 108 Å². The first kappa shape index (κ1) is 23.2. The Hall–Kier alpha value is -2.98. The largest absolute Gasteiger partial charge is 0.343 e. The van der Waals surface area contributed by atoms with Gasteiger partial charge in [0.05, 0.1) is 34.3 Å². The highest BCUT2D eigenvalue weighted by atomic mass is 32.2. The Morgan fingerprint density at radius 2 is 1.52 bits per heavy atom. The van der Waals surface area contributed by atoms with Gasteiger partial charge in [-0.15, -0.1) is 0 Å². The molecule has 0 fully saturated rings. The van der Waals surface area contributed by atoms with Gasteiger partial charge < -0.3 is 0 Å². The molecule has 33 heavy (non-hydrogen) atoms. The summed E-state index contributed by atoms with van der Waals surface area (Å²) in [5, 5.41) is 1.70. The number of hydrogen-bond donors (Lipinski definition) is 0. The Morgan fingerprint density at radius 1 is 0.909 bits per heavy atom. The van der Waals surface area contributed by atoms with Gasteiger partial charge >= 0.3 is 5.69 Å². The van der Waals surface area contributed by atoms with Gasteiger partial charge in [0.2, 0.25) is 10.0 Å². The van der Waals surface area contributed by atoms with Gasteiger partial charge in [0.25, 0.3) is 0 Å². The first-order chi connectivity index (χ1) is 15.3. The lowest BCUT2D eigenvalue weighted by molar-refractivity contribution is 0.548. The predicted octanol–water partition coefficient (Wildman–Crippen LogP) is 2.57. The van der Waals surface area contributed by atoms with E-state index in [1.807, 2.05) is 24.3 Å². The molecule has 0 aliphatic heterocycles. The Balaban J connectivity index is 1.97. The first-order valence-corrected chi connectivity index (χ1v) is 14.0. The molecule has 10 heteroatoms. The summed E-state index contributed by atoms with van der Waals surface area (Å²) in [6, 6.07) is 14.2. The maximum atomic E-state index is 13.2. The van der Waals surface area contributed by atoms with E-state index in [1.54, 1.807) is 44.3 Å². The fourth-order valence-electron chi connectivity index (χ4n) is 3.96. The zero-order valence-electron chi connectivity index (χ0n) is 18.8. The zero-order valence-corrected chi connectivity index (χ0v) is 20.4. The number of pyridine rings is 1. The van der Waals surface area contributed by atoms with Crippen LogP contribution < -0.4 is 5.69 Å². The fourth-order valence-corrected chi connectivity index (χ4v) is 5.26. The zero-order chi connectivity index (χ0) is 24.2. The lowest BCUT2D eigenvalue weighted by Gasteiger charge is -2.24. The molecule has 2 aromatic carbocycles. The molecule has 0 radical (unpaired) electrons. The number of hydrogen-bond acceptors (Lipinski definition) is 6. The fraction of sp³-hybridized carbons (Fsp3) is 0.304. The summed E-state index contributed by atoms with van der Waals surface area (Å²) in [5.74, 6) is 0. The summed E-state index contributed by atoms with van der Waals surface area (Å²) in [6.45, 7) is 3.33. The minimum atomic E-state index is -3.84. The second kappa shape index (κ2) is 7.81. The molecule has 0 spiro atoms. The van der Waals surface area contributed by atoms with Crippen LogP contribution in [0.15, 0.2) is 59.5 Å². The van der Waals surface area contributed by atoms with Crippen LogP contribution in [0.2, 0.25) is 0 Å². The van der Waals surface area contributed by atoms with Gasteiger partial charge in [0, 0.05) is 17.8 Å². The molecule has 4 rings (SSSR count). The van der Waals surface area contributed by atoms with Crippen LogP contribution >= 0.6 is 0 Å². The quantitative estimate of drug-likeness (QED) is 0.414. The molecule has 0 unspecified atom stereocenters. The van der Waals surface area contributed by atoms with Crippen LogP contribution in [0.25, 0.3) is 21.8 Å². The number of benzene rings is 2. The minimum Gasteiger partial charge on any atom is -0.285 e. The minimum absolute atomic E-state index is 0.00186. The first-order valence-electron chi connectivity index (χ1n) is 10.3. The van der Waals surface area contributed by atoms with Crippen molar-refractivity contribution in [2.24, 2.45) is 0 Å². The van der Waals surface area contributed by atoms with E-state index in [4.69, 9.17) is 0 Å². The van der Waals surface area contributed by atoms with E-state index < -0.39 is 30.3 Å². The summed E-state index contributed by atoms with van der Waals surface area (Å²) in [7, 11) is -7.24. The summed E-state index contributed by atoms with van der Waals surface area (Å²) >= 11 is 0. The van der Waals surface area contributed by atoms with Crippen LogP contribution in [0, 0.1) is 0 Å². The highest BCUT2D eigenvalue weighted by Gasteiger charge is 2.32. The highest BCUT2D eigenvalue weighted by molar-refractivity contribution is 7.92. The van der Waals surface area contributed by atoms with E-state index in [0.717, 1.165) is 21.0 Å². The third kappa shape index (κ3) is 4.08. The molecule has 0 amide bonds. The van der Waals surface area contributed by atoms with Gasteiger partial charge in [-0.25, -0.2) is 21.6 Å². The molecule has 0 aliphatic rings. The molecule has 0 aliphatic carbocycles. The Morgan fingerprint density at radius 3 is 2.15 bits per heavy atom. The number of aromatic nitrogens is 3. The second-order valence-electron chi connectivity index (χ2n) is 8.86. The molecule has 0 atom stereocenters. The number of nitrogens with zero attached hydrogens (tertiary/aromatic N) is 3. The smallest absolute Gasteiger partial charge is 0.285 e. The van der Waals surface area contributed by atoms with Gasteiger partial charge in [0.15, 0.2) is 9.84 Å². The normalized spacial score (nSPS) is 13.1. The van der Waals surface area contributed by atoms with Gasteiger partial charge in [-0.2, -0.15) is 3.97 Å². The van der Waals surface area contributed by atoms with E-state index in [9.17, 15) is 21.6 Å². The van der Waals surface area contributed by atoms with Crippen LogP contribution in [0.1, 0.15) is 25.1 Å². The lowest BCUT2D eigenvalue weighted by atomic mass is 9.95. The molecule has 174 valence electrons. The summed E-state index contributed by atoms with van der Waals surface area (Å²) in [4.78, 5) is 17.8. The second-order valence-corrected chi connectivity index (χ2v) is 13.3. The van der Waals surface area contributed by atoms with Crippen molar-refractivity contribution in [2.45, 2.75) is 31.6 Å².